The van der Waals surface area contributed by atoms with Crippen molar-refractivity contribution in [2.45, 2.75) is 18.0 Å². The number of imide groups is 1. The van der Waals surface area contributed by atoms with Gasteiger partial charge in [-0.05, 0) is 24.5 Å². The number of hydrogen-bond acceptors (Lipinski definition) is 6. The van der Waals surface area contributed by atoms with Crippen LogP contribution in [0.4, 0.5) is 5.69 Å². The van der Waals surface area contributed by atoms with E-state index in [4.69, 9.17) is 16.3 Å². The number of likely N-dealkylation sites (tertiary alicyclic amines) is 1. The molecule has 3 aliphatic rings. The first-order chi connectivity index (χ1) is 13.5. The third-order valence-electron chi connectivity index (χ3n) is 5.94. The molecule has 2 fully saturated rings. The van der Waals surface area contributed by atoms with E-state index in [1.54, 1.807) is 30.0 Å². The minimum atomic E-state index is -1.28. The van der Waals surface area contributed by atoms with Gasteiger partial charge < -0.3 is 10.1 Å². The molecule has 0 saturated carbocycles. The SMILES string of the molecule is COCCN1C(=O)[C@@H]2[C@H](CCSC)N[C@@]3(C(=O)Nc4c(Cl)cccc43)[C@H]2C1=O. The molecule has 0 bridgehead atoms. The van der Waals surface area contributed by atoms with Crippen LogP contribution in [0.15, 0.2) is 18.2 Å². The Hall–Kier alpha value is -1.61. The standard InChI is InChI=1S/C19H22ClN3O4S/c1-27-8-7-23-16(24)13-12(6-9-28-2)22-19(14(13)17(23)25)10-4-3-5-11(20)15(10)21-18(19)26/h3-5,12-14,22H,6-9H2,1-2H3,(H,21,26)/t12-,13+,14+,19+/m0/s1. The van der Waals surface area contributed by atoms with Crippen LogP contribution in [0.25, 0.3) is 0 Å². The lowest BCUT2D eigenvalue weighted by atomic mass is 9.76. The minimum absolute atomic E-state index is 0.191. The molecule has 1 spiro atoms. The zero-order valence-electron chi connectivity index (χ0n) is 15.7. The highest BCUT2D eigenvalue weighted by Crippen LogP contribution is 2.54. The van der Waals surface area contributed by atoms with Crippen molar-refractivity contribution in [1.82, 2.24) is 10.2 Å². The molecule has 7 nitrogen and oxygen atoms in total. The van der Waals surface area contributed by atoms with Crippen molar-refractivity contribution >= 4 is 46.8 Å². The number of benzene rings is 1. The number of rotatable bonds is 6. The first-order valence-corrected chi connectivity index (χ1v) is 11.0. The third-order valence-corrected chi connectivity index (χ3v) is 6.90. The summed E-state index contributed by atoms with van der Waals surface area (Å²) < 4.78 is 5.06. The second-order valence-corrected chi connectivity index (χ2v) is 8.67. The number of ether oxygens (including phenoxy) is 1. The molecule has 2 N–H and O–H groups in total. The number of methoxy groups -OCH3 is 1. The molecule has 1 aromatic carbocycles. The highest BCUT2D eigenvalue weighted by molar-refractivity contribution is 7.98. The third kappa shape index (κ3) is 2.62. The van der Waals surface area contributed by atoms with E-state index in [9.17, 15) is 14.4 Å². The maximum Gasteiger partial charge on any atom is 0.250 e. The topological polar surface area (TPSA) is 87.7 Å². The summed E-state index contributed by atoms with van der Waals surface area (Å²) in [6.45, 7) is 0.456. The smallest absolute Gasteiger partial charge is 0.250 e. The second kappa shape index (κ2) is 7.33. The molecule has 0 unspecified atom stereocenters. The predicted molar refractivity (Wildman–Crippen MR) is 107 cm³/mol. The average Bonchev–Trinajstić information content (AvgIpc) is 3.25. The number of para-hydroxylation sites is 1. The summed E-state index contributed by atoms with van der Waals surface area (Å²) in [6, 6.07) is 5.00. The van der Waals surface area contributed by atoms with Crippen molar-refractivity contribution in [1.29, 1.82) is 0 Å². The average molecular weight is 424 g/mol. The largest absolute Gasteiger partial charge is 0.383 e. The normalized spacial score (nSPS) is 30.9. The molecular weight excluding hydrogens is 402 g/mol. The lowest BCUT2D eigenvalue weighted by molar-refractivity contribution is -0.143. The van der Waals surface area contributed by atoms with E-state index in [2.05, 4.69) is 10.6 Å². The number of halogens is 1. The van der Waals surface area contributed by atoms with Crippen LogP contribution in [-0.4, -0.2) is 60.9 Å². The molecule has 1 aromatic rings. The molecule has 0 aliphatic carbocycles. The summed E-state index contributed by atoms with van der Waals surface area (Å²) in [4.78, 5) is 40.9. The van der Waals surface area contributed by atoms with Crippen LogP contribution in [0.1, 0.15) is 12.0 Å². The van der Waals surface area contributed by atoms with Crippen LogP contribution < -0.4 is 10.6 Å². The highest BCUT2D eigenvalue weighted by atomic mass is 35.5. The van der Waals surface area contributed by atoms with E-state index in [1.165, 1.54) is 12.0 Å². The zero-order chi connectivity index (χ0) is 20.1. The number of carbonyl (C=O) groups excluding carboxylic acids is 3. The molecule has 150 valence electrons. The number of carbonyl (C=O) groups is 3. The first kappa shape index (κ1) is 19.7. The lowest BCUT2D eigenvalue weighted by Gasteiger charge is -2.29. The van der Waals surface area contributed by atoms with Gasteiger partial charge in [-0.15, -0.1) is 0 Å². The van der Waals surface area contributed by atoms with Crippen LogP contribution in [0.5, 0.6) is 0 Å². The van der Waals surface area contributed by atoms with E-state index in [0.717, 1.165) is 5.75 Å². The van der Waals surface area contributed by atoms with Crippen molar-refractivity contribution in [2.75, 3.05) is 37.6 Å². The van der Waals surface area contributed by atoms with Gasteiger partial charge in [0, 0.05) is 18.7 Å². The maximum absolute atomic E-state index is 13.3. The number of fused-ring (bicyclic) bond motifs is 4. The van der Waals surface area contributed by atoms with Gasteiger partial charge in [0.1, 0.15) is 5.54 Å². The molecule has 9 heteroatoms. The van der Waals surface area contributed by atoms with Crippen LogP contribution in [-0.2, 0) is 24.7 Å². The van der Waals surface area contributed by atoms with Crippen molar-refractivity contribution < 1.29 is 19.1 Å². The van der Waals surface area contributed by atoms with Crippen molar-refractivity contribution in [2.24, 2.45) is 11.8 Å². The van der Waals surface area contributed by atoms with E-state index < -0.39 is 17.4 Å². The Kier molecular flexibility index (Phi) is 5.16. The maximum atomic E-state index is 13.3. The molecule has 0 aromatic heterocycles. The van der Waals surface area contributed by atoms with Gasteiger partial charge >= 0.3 is 0 Å². The number of amides is 3. The Morgan fingerprint density at radius 3 is 2.79 bits per heavy atom. The Morgan fingerprint density at radius 2 is 2.07 bits per heavy atom. The molecular formula is C19H22ClN3O4S. The summed E-state index contributed by atoms with van der Waals surface area (Å²) in [7, 11) is 1.53. The predicted octanol–water partition coefficient (Wildman–Crippen LogP) is 1.46. The minimum Gasteiger partial charge on any atom is -0.383 e. The van der Waals surface area contributed by atoms with Gasteiger partial charge in [-0.1, -0.05) is 23.7 Å². The van der Waals surface area contributed by atoms with E-state index in [1.807, 2.05) is 6.26 Å². The number of thioether (sulfide) groups is 1. The molecule has 3 amide bonds. The Bertz CT molecular complexity index is 850. The highest BCUT2D eigenvalue weighted by Gasteiger charge is 2.70. The molecule has 3 heterocycles. The van der Waals surface area contributed by atoms with Crippen LogP contribution in [0, 0.1) is 11.8 Å². The fourth-order valence-corrected chi connectivity index (χ4v) is 5.46. The Morgan fingerprint density at radius 1 is 1.29 bits per heavy atom. The molecule has 4 atom stereocenters. The fourth-order valence-electron chi connectivity index (χ4n) is 4.75. The summed E-state index contributed by atoms with van der Waals surface area (Å²) in [5.41, 5.74) is -0.120. The second-order valence-electron chi connectivity index (χ2n) is 7.28. The summed E-state index contributed by atoms with van der Waals surface area (Å²) in [5, 5.41) is 6.64. The fraction of sp³-hybridized carbons (Fsp3) is 0.526. The monoisotopic (exact) mass is 423 g/mol. The number of anilines is 1. The van der Waals surface area contributed by atoms with Crippen LogP contribution >= 0.6 is 23.4 Å². The van der Waals surface area contributed by atoms with Gasteiger partial charge in [0.25, 0.3) is 0 Å². The van der Waals surface area contributed by atoms with Crippen molar-refractivity contribution in [3.63, 3.8) is 0 Å². The number of nitrogens with zero attached hydrogens (tertiary/aromatic N) is 1. The molecule has 3 aliphatic heterocycles. The Labute approximate surface area is 172 Å². The first-order valence-electron chi connectivity index (χ1n) is 9.18. The van der Waals surface area contributed by atoms with Gasteiger partial charge in [-0.3, -0.25) is 24.6 Å². The molecule has 4 rings (SSSR count). The number of hydrogen-bond donors (Lipinski definition) is 2. The molecule has 0 radical (unpaired) electrons. The summed E-state index contributed by atoms with van der Waals surface area (Å²) in [5.74, 6) is -1.43. The van der Waals surface area contributed by atoms with E-state index in [-0.39, 0.29) is 36.9 Å². The van der Waals surface area contributed by atoms with Gasteiger partial charge in [0.05, 0.1) is 35.7 Å². The van der Waals surface area contributed by atoms with E-state index in [0.29, 0.717) is 22.7 Å². The van der Waals surface area contributed by atoms with Crippen LogP contribution in [0.2, 0.25) is 5.02 Å². The van der Waals surface area contributed by atoms with Crippen molar-refractivity contribution in [3.05, 3.63) is 28.8 Å². The quantitative estimate of drug-likeness (QED) is 0.673. The number of nitrogens with one attached hydrogen (secondary N) is 2. The summed E-state index contributed by atoms with van der Waals surface area (Å²) >= 11 is 7.96. The van der Waals surface area contributed by atoms with Crippen molar-refractivity contribution in [3.8, 4) is 0 Å². The van der Waals surface area contributed by atoms with Crippen LogP contribution in [0.3, 0.4) is 0 Å². The molecule has 28 heavy (non-hydrogen) atoms. The summed E-state index contributed by atoms with van der Waals surface area (Å²) in [6.07, 6.45) is 2.68. The van der Waals surface area contributed by atoms with Gasteiger partial charge in [0.15, 0.2) is 0 Å². The van der Waals surface area contributed by atoms with E-state index >= 15 is 0 Å². The van der Waals surface area contributed by atoms with Gasteiger partial charge in [-0.25, -0.2) is 0 Å². The lowest BCUT2D eigenvalue weighted by Crippen LogP contribution is -2.53. The molecule has 2 saturated heterocycles. The van der Waals surface area contributed by atoms with Gasteiger partial charge in [0.2, 0.25) is 17.7 Å². The zero-order valence-corrected chi connectivity index (χ0v) is 17.2. The Balaban J connectivity index is 1.82. The van der Waals surface area contributed by atoms with Gasteiger partial charge in [-0.2, -0.15) is 11.8 Å².